The van der Waals surface area contributed by atoms with Crippen LogP contribution in [0.5, 0.6) is 5.75 Å². The summed E-state index contributed by atoms with van der Waals surface area (Å²) in [6, 6.07) is 18.4. The van der Waals surface area contributed by atoms with Crippen LogP contribution in [0.1, 0.15) is 23.7 Å². The number of fused-ring (bicyclic) bond motifs is 1. The smallest absolute Gasteiger partial charge is 0.255 e. The standard InChI is InChI=1S/C23H19FN2O3/c1-2-12-28-17-7-5-6-15(13-17)22(27)25-16-10-11-21-20(14-16)26-23(29-21)18-8-3-4-9-19(18)24/h3-11,13-14H,2,12H2,1H3,(H,25,27). The largest absolute Gasteiger partial charge is 0.494 e. The van der Waals surface area contributed by atoms with Gasteiger partial charge in [-0.1, -0.05) is 25.1 Å². The van der Waals surface area contributed by atoms with E-state index in [1.54, 1.807) is 54.6 Å². The van der Waals surface area contributed by atoms with Gasteiger partial charge in [0, 0.05) is 11.3 Å². The molecule has 1 heterocycles. The van der Waals surface area contributed by atoms with Crippen molar-refractivity contribution in [3.8, 4) is 17.2 Å². The third-order valence-corrected chi connectivity index (χ3v) is 4.32. The number of aromatic nitrogens is 1. The van der Waals surface area contributed by atoms with Crippen molar-refractivity contribution in [3.05, 3.63) is 78.1 Å². The summed E-state index contributed by atoms with van der Waals surface area (Å²) in [6.45, 7) is 2.62. The van der Waals surface area contributed by atoms with Crippen LogP contribution in [0.3, 0.4) is 0 Å². The molecular weight excluding hydrogens is 371 g/mol. The first-order valence-electron chi connectivity index (χ1n) is 9.34. The maximum absolute atomic E-state index is 14.0. The first-order valence-corrected chi connectivity index (χ1v) is 9.34. The third-order valence-electron chi connectivity index (χ3n) is 4.32. The van der Waals surface area contributed by atoms with Gasteiger partial charge in [0.25, 0.3) is 5.91 Å². The predicted octanol–water partition coefficient (Wildman–Crippen LogP) is 5.68. The molecule has 3 aromatic carbocycles. The normalized spacial score (nSPS) is 10.8. The van der Waals surface area contributed by atoms with Crippen molar-refractivity contribution in [1.82, 2.24) is 4.98 Å². The SMILES string of the molecule is CCCOc1cccc(C(=O)Nc2ccc3oc(-c4ccccc4F)nc3c2)c1. The molecular formula is C23H19FN2O3. The highest BCUT2D eigenvalue weighted by atomic mass is 19.1. The van der Waals surface area contributed by atoms with E-state index in [0.717, 1.165) is 6.42 Å². The van der Waals surface area contributed by atoms with Crippen molar-refractivity contribution in [1.29, 1.82) is 0 Å². The Kier molecular flexibility index (Phi) is 5.24. The van der Waals surface area contributed by atoms with E-state index in [1.807, 2.05) is 13.0 Å². The van der Waals surface area contributed by atoms with Crippen molar-refractivity contribution in [2.24, 2.45) is 0 Å². The molecule has 1 amide bonds. The molecule has 1 aromatic heterocycles. The number of ether oxygens (including phenoxy) is 1. The molecule has 6 heteroatoms. The first kappa shape index (κ1) is 18.7. The Bertz CT molecular complexity index is 1170. The van der Waals surface area contributed by atoms with Gasteiger partial charge in [-0.15, -0.1) is 0 Å². The Morgan fingerprint density at radius 2 is 1.97 bits per heavy atom. The molecule has 0 fully saturated rings. The highest BCUT2D eigenvalue weighted by Crippen LogP contribution is 2.28. The van der Waals surface area contributed by atoms with Gasteiger partial charge in [-0.25, -0.2) is 9.37 Å². The van der Waals surface area contributed by atoms with E-state index < -0.39 is 5.82 Å². The molecule has 5 nitrogen and oxygen atoms in total. The average Bonchev–Trinajstić information content (AvgIpc) is 3.16. The summed E-state index contributed by atoms with van der Waals surface area (Å²) in [6.07, 6.45) is 0.892. The van der Waals surface area contributed by atoms with Gasteiger partial charge in [0.2, 0.25) is 5.89 Å². The molecule has 0 aliphatic rings. The Balaban J connectivity index is 1.56. The van der Waals surface area contributed by atoms with Crippen molar-refractivity contribution in [2.45, 2.75) is 13.3 Å². The first-order chi connectivity index (χ1) is 14.1. The highest BCUT2D eigenvalue weighted by Gasteiger charge is 2.13. The van der Waals surface area contributed by atoms with Gasteiger partial charge in [0.05, 0.1) is 12.2 Å². The number of anilines is 1. The Labute approximate surface area is 167 Å². The molecule has 0 unspecified atom stereocenters. The molecule has 0 spiro atoms. The molecule has 1 N–H and O–H groups in total. The lowest BCUT2D eigenvalue weighted by Gasteiger charge is -2.08. The van der Waals surface area contributed by atoms with E-state index in [9.17, 15) is 9.18 Å². The number of nitrogens with zero attached hydrogens (tertiary/aromatic N) is 1. The van der Waals surface area contributed by atoms with Gasteiger partial charge in [-0.2, -0.15) is 0 Å². The maximum Gasteiger partial charge on any atom is 0.255 e. The van der Waals surface area contributed by atoms with Crippen LogP contribution in [-0.2, 0) is 0 Å². The molecule has 29 heavy (non-hydrogen) atoms. The fourth-order valence-corrected chi connectivity index (χ4v) is 2.91. The van der Waals surface area contributed by atoms with Crippen molar-refractivity contribution < 1.29 is 18.3 Å². The second-order valence-corrected chi connectivity index (χ2v) is 6.51. The lowest BCUT2D eigenvalue weighted by atomic mass is 10.2. The highest BCUT2D eigenvalue weighted by molar-refractivity contribution is 6.05. The van der Waals surface area contributed by atoms with Crippen LogP contribution in [0, 0.1) is 5.82 Å². The van der Waals surface area contributed by atoms with E-state index >= 15 is 0 Å². The van der Waals surface area contributed by atoms with E-state index in [2.05, 4.69) is 10.3 Å². The number of hydrogen-bond donors (Lipinski definition) is 1. The summed E-state index contributed by atoms with van der Waals surface area (Å²) in [5.41, 5.74) is 2.39. The number of carbonyl (C=O) groups excluding carboxylic acids is 1. The molecule has 0 saturated heterocycles. The van der Waals surface area contributed by atoms with Gasteiger partial charge in [0.15, 0.2) is 5.58 Å². The van der Waals surface area contributed by atoms with Crippen LogP contribution in [0.2, 0.25) is 0 Å². The molecule has 0 bridgehead atoms. The third kappa shape index (κ3) is 4.11. The molecule has 0 aliphatic carbocycles. The van der Waals surface area contributed by atoms with Crippen LogP contribution >= 0.6 is 0 Å². The Morgan fingerprint density at radius 3 is 2.79 bits per heavy atom. The van der Waals surface area contributed by atoms with Gasteiger partial charge >= 0.3 is 0 Å². The van der Waals surface area contributed by atoms with Crippen molar-refractivity contribution in [2.75, 3.05) is 11.9 Å². The van der Waals surface area contributed by atoms with E-state index in [1.165, 1.54) is 6.07 Å². The van der Waals surface area contributed by atoms with Crippen molar-refractivity contribution in [3.63, 3.8) is 0 Å². The Morgan fingerprint density at radius 1 is 1.10 bits per heavy atom. The number of carbonyl (C=O) groups is 1. The lowest BCUT2D eigenvalue weighted by Crippen LogP contribution is -2.12. The fraction of sp³-hybridized carbons (Fsp3) is 0.130. The van der Waals surface area contributed by atoms with E-state index in [0.29, 0.717) is 34.7 Å². The van der Waals surface area contributed by atoms with E-state index in [-0.39, 0.29) is 17.4 Å². The summed E-state index contributed by atoms with van der Waals surface area (Å²) in [5, 5.41) is 2.84. The number of halogens is 1. The second-order valence-electron chi connectivity index (χ2n) is 6.51. The minimum atomic E-state index is -0.405. The van der Waals surface area contributed by atoms with E-state index in [4.69, 9.17) is 9.15 Å². The zero-order valence-electron chi connectivity index (χ0n) is 15.8. The van der Waals surface area contributed by atoms with Crippen LogP contribution in [0.15, 0.2) is 71.1 Å². The number of hydrogen-bond acceptors (Lipinski definition) is 4. The summed E-state index contributed by atoms with van der Waals surface area (Å²) in [7, 11) is 0. The predicted molar refractivity (Wildman–Crippen MR) is 110 cm³/mol. The minimum Gasteiger partial charge on any atom is -0.494 e. The number of amides is 1. The molecule has 0 saturated carbocycles. The number of benzene rings is 3. The maximum atomic E-state index is 14.0. The van der Waals surface area contributed by atoms with Gasteiger partial charge in [0.1, 0.15) is 17.1 Å². The minimum absolute atomic E-state index is 0.197. The molecule has 0 radical (unpaired) electrons. The Hall–Kier alpha value is -3.67. The number of rotatable bonds is 6. The molecule has 0 atom stereocenters. The lowest BCUT2D eigenvalue weighted by molar-refractivity contribution is 0.102. The molecule has 4 rings (SSSR count). The number of nitrogens with one attached hydrogen (secondary N) is 1. The van der Waals surface area contributed by atoms with Gasteiger partial charge in [-0.05, 0) is 55.0 Å². The second kappa shape index (κ2) is 8.14. The zero-order valence-corrected chi connectivity index (χ0v) is 15.8. The summed E-state index contributed by atoms with van der Waals surface area (Å²) in [5.74, 6) is 0.185. The summed E-state index contributed by atoms with van der Waals surface area (Å²) < 4.78 is 25.2. The zero-order chi connectivity index (χ0) is 20.2. The fourth-order valence-electron chi connectivity index (χ4n) is 2.91. The molecule has 0 aliphatic heterocycles. The molecule has 146 valence electrons. The number of oxazole rings is 1. The monoisotopic (exact) mass is 390 g/mol. The van der Waals surface area contributed by atoms with Crippen LogP contribution in [0.4, 0.5) is 10.1 Å². The molecule has 4 aromatic rings. The van der Waals surface area contributed by atoms with Gasteiger partial charge < -0.3 is 14.5 Å². The summed E-state index contributed by atoms with van der Waals surface area (Å²) >= 11 is 0. The van der Waals surface area contributed by atoms with Crippen LogP contribution in [-0.4, -0.2) is 17.5 Å². The van der Waals surface area contributed by atoms with Crippen LogP contribution in [0.25, 0.3) is 22.6 Å². The summed E-state index contributed by atoms with van der Waals surface area (Å²) in [4.78, 5) is 16.9. The topological polar surface area (TPSA) is 64.4 Å². The quantitative estimate of drug-likeness (QED) is 0.460. The van der Waals surface area contributed by atoms with Gasteiger partial charge in [-0.3, -0.25) is 4.79 Å². The van der Waals surface area contributed by atoms with Crippen LogP contribution < -0.4 is 10.1 Å². The average molecular weight is 390 g/mol. The van der Waals surface area contributed by atoms with Crippen molar-refractivity contribution >= 4 is 22.7 Å².